The Bertz CT molecular complexity index is 593. The highest BCUT2D eigenvalue weighted by atomic mass is 32.1. The number of aromatic nitrogens is 4. The molecule has 0 saturated carbocycles. The Morgan fingerprint density at radius 1 is 1.43 bits per heavy atom. The SMILES string of the molecule is CCOC(=O)c1nnc(C2CCN(c3ncns3)CC2)s1. The minimum Gasteiger partial charge on any atom is -0.461 e. The molecule has 0 unspecified atom stereocenters. The average molecular weight is 325 g/mol. The third kappa shape index (κ3) is 3.18. The van der Waals surface area contributed by atoms with E-state index in [9.17, 15) is 4.79 Å². The molecule has 21 heavy (non-hydrogen) atoms. The number of hydrogen-bond donors (Lipinski definition) is 0. The Morgan fingerprint density at radius 3 is 2.90 bits per heavy atom. The summed E-state index contributed by atoms with van der Waals surface area (Å²) in [4.78, 5) is 18.1. The molecule has 9 heteroatoms. The van der Waals surface area contributed by atoms with Crippen molar-refractivity contribution in [1.82, 2.24) is 19.6 Å². The van der Waals surface area contributed by atoms with Gasteiger partial charge in [-0.1, -0.05) is 11.3 Å². The molecule has 1 aliphatic rings. The molecule has 0 amide bonds. The van der Waals surface area contributed by atoms with Crippen LogP contribution < -0.4 is 4.90 Å². The first-order valence-electron chi connectivity index (χ1n) is 6.80. The number of carbonyl (C=O) groups excluding carboxylic acids is 1. The first kappa shape index (κ1) is 14.3. The molecule has 1 saturated heterocycles. The fourth-order valence-corrected chi connectivity index (χ4v) is 3.79. The van der Waals surface area contributed by atoms with Crippen LogP contribution in [0.1, 0.15) is 40.5 Å². The second kappa shape index (κ2) is 6.44. The van der Waals surface area contributed by atoms with Gasteiger partial charge in [-0.3, -0.25) is 0 Å². The quantitative estimate of drug-likeness (QED) is 0.795. The van der Waals surface area contributed by atoms with Crippen LogP contribution in [0.5, 0.6) is 0 Å². The highest BCUT2D eigenvalue weighted by Gasteiger charge is 2.26. The van der Waals surface area contributed by atoms with Crippen molar-refractivity contribution in [1.29, 1.82) is 0 Å². The van der Waals surface area contributed by atoms with E-state index in [4.69, 9.17) is 4.74 Å². The van der Waals surface area contributed by atoms with Gasteiger partial charge in [0.1, 0.15) is 11.3 Å². The van der Waals surface area contributed by atoms with Gasteiger partial charge in [-0.25, -0.2) is 9.78 Å². The van der Waals surface area contributed by atoms with Crippen LogP contribution in [0.25, 0.3) is 0 Å². The highest BCUT2D eigenvalue weighted by molar-refractivity contribution is 7.13. The molecule has 0 N–H and O–H groups in total. The molecule has 112 valence electrons. The van der Waals surface area contributed by atoms with E-state index in [1.807, 2.05) is 0 Å². The average Bonchev–Trinajstić information content (AvgIpc) is 3.19. The van der Waals surface area contributed by atoms with E-state index in [1.165, 1.54) is 22.9 Å². The van der Waals surface area contributed by atoms with Gasteiger partial charge < -0.3 is 9.64 Å². The van der Waals surface area contributed by atoms with Crippen molar-refractivity contribution >= 4 is 34.0 Å². The molecule has 2 aromatic heterocycles. The summed E-state index contributed by atoms with van der Waals surface area (Å²) in [6.45, 7) is 3.99. The first-order valence-corrected chi connectivity index (χ1v) is 8.39. The maximum absolute atomic E-state index is 11.6. The molecule has 2 aromatic rings. The van der Waals surface area contributed by atoms with E-state index in [2.05, 4.69) is 24.5 Å². The van der Waals surface area contributed by atoms with Gasteiger partial charge in [0.2, 0.25) is 10.1 Å². The molecular formula is C12H15N5O2S2. The lowest BCUT2D eigenvalue weighted by Gasteiger charge is -2.30. The third-order valence-electron chi connectivity index (χ3n) is 3.36. The standard InChI is InChI=1S/C12H15N5O2S2/c1-2-19-11(18)10-16-15-9(20-10)8-3-5-17(6-4-8)12-13-7-14-21-12/h7-8H,2-6H2,1H3. The molecule has 7 nitrogen and oxygen atoms in total. The molecule has 1 fully saturated rings. The fourth-order valence-electron chi connectivity index (χ4n) is 2.30. The lowest BCUT2D eigenvalue weighted by molar-refractivity contribution is 0.0525. The number of nitrogens with zero attached hydrogens (tertiary/aromatic N) is 5. The smallest absolute Gasteiger partial charge is 0.369 e. The Labute approximate surface area is 130 Å². The van der Waals surface area contributed by atoms with Crippen molar-refractivity contribution in [3.63, 3.8) is 0 Å². The minimum atomic E-state index is -0.382. The third-order valence-corrected chi connectivity index (χ3v) is 5.15. The van der Waals surface area contributed by atoms with E-state index in [-0.39, 0.29) is 5.97 Å². The summed E-state index contributed by atoms with van der Waals surface area (Å²) in [5, 5.41) is 10.3. The Hall–Kier alpha value is -1.61. The van der Waals surface area contributed by atoms with Gasteiger partial charge in [-0.2, -0.15) is 4.37 Å². The van der Waals surface area contributed by atoms with Crippen molar-refractivity contribution in [3.8, 4) is 0 Å². The van der Waals surface area contributed by atoms with Gasteiger partial charge in [-0.15, -0.1) is 10.2 Å². The van der Waals surface area contributed by atoms with E-state index in [0.717, 1.165) is 36.1 Å². The largest absolute Gasteiger partial charge is 0.461 e. The van der Waals surface area contributed by atoms with Crippen LogP contribution in [0.2, 0.25) is 0 Å². The number of esters is 1. The Kier molecular flexibility index (Phi) is 4.39. The first-order chi connectivity index (χ1) is 10.3. The number of piperidine rings is 1. The molecule has 0 bridgehead atoms. The van der Waals surface area contributed by atoms with Crippen molar-refractivity contribution in [3.05, 3.63) is 16.3 Å². The summed E-state index contributed by atoms with van der Waals surface area (Å²) in [5.41, 5.74) is 0. The number of hydrogen-bond acceptors (Lipinski definition) is 9. The zero-order valence-corrected chi connectivity index (χ0v) is 13.2. The van der Waals surface area contributed by atoms with E-state index in [1.54, 1.807) is 13.3 Å². The van der Waals surface area contributed by atoms with E-state index in [0.29, 0.717) is 17.5 Å². The molecule has 0 radical (unpaired) electrons. The maximum atomic E-state index is 11.6. The second-order valence-electron chi connectivity index (χ2n) is 4.65. The van der Waals surface area contributed by atoms with Crippen LogP contribution >= 0.6 is 22.9 Å². The molecule has 0 aliphatic carbocycles. The number of anilines is 1. The summed E-state index contributed by atoms with van der Waals surface area (Å²) < 4.78 is 8.97. The Balaban J connectivity index is 1.61. The molecule has 3 heterocycles. The predicted octanol–water partition coefficient (Wildman–Crippen LogP) is 1.95. The van der Waals surface area contributed by atoms with Crippen LogP contribution in [0.4, 0.5) is 5.13 Å². The van der Waals surface area contributed by atoms with Gasteiger partial charge in [-0.05, 0) is 19.8 Å². The van der Waals surface area contributed by atoms with Gasteiger partial charge in [0.25, 0.3) is 0 Å². The summed E-state index contributed by atoms with van der Waals surface area (Å²) in [5.74, 6) is -0.0256. The fraction of sp³-hybridized carbons (Fsp3) is 0.583. The molecule has 0 atom stereocenters. The minimum absolute atomic E-state index is 0.346. The number of carbonyl (C=O) groups is 1. The highest BCUT2D eigenvalue weighted by Crippen LogP contribution is 2.32. The molecule has 0 spiro atoms. The number of rotatable bonds is 4. The van der Waals surface area contributed by atoms with Crippen molar-refractivity contribution in [2.75, 3.05) is 24.6 Å². The van der Waals surface area contributed by atoms with Crippen molar-refractivity contribution in [2.24, 2.45) is 0 Å². The molecule has 1 aliphatic heterocycles. The van der Waals surface area contributed by atoms with Crippen LogP contribution in [0, 0.1) is 0 Å². The summed E-state index contributed by atoms with van der Waals surface area (Å²) in [6.07, 6.45) is 3.55. The van der Waals surface area contributed by atoms with Crippen molar-refractivity contribution < 1.29 is 9.53 Å². The maximum Gasteiger partial charge on any atom is 0.369 e. The lowest BCUT2D eigenvalue weighted by atomic mass is 9.98. The number of ether oxygens (including phenoxy) is 1. The summed E-state index contributed by atoms with van der Waals surface area (Å²) >= 11 is 2.76. The zero-order chi connectivity index (χ0) is 14.7. The predicted molar refractivity (Wildman–Crippen MR) is 80.0 cm³/mol. The monoisotopic (exact) mass is 325 g/mol. The lowest BCUT2D eigenvalue weighted by Crippen LogP contribution is -2.32. The van der Waals surface area contributed by atoms with Gasteiger partial charge >= 0.3 is 5.97 Å². The van der Waals surface area contributed by atoms with Crippen LogP contribution in [-0.4, -0.2) is 45.2 Å². The van der Waals surface area contributed by atoms with Crippen LogP contribution in [-0.2, 0) is 4.74 Å². The van der Waals surface area contributed by atoms with Gasteiger partial charge in [0.05, 0.1) is 6.61 Å². The second-order valence-corrected chi connectivity index (χ2v) is 6.42. The van der Waals surface area contributed by atoms with Gasteiger partial charge in [0, 0.05) is 30.5 Å². The van der Waals surface area contributed by atoms with Gasteiger partial charge in [0.15, 0.2) is 0 Å². The van der Waals surface area contributed by atoms with E-state index >= 15 is 0 Å². The topological polar surface area (TPSA) is 81.1 Å². The van der Waals surface area contributed by atoms with Crippen LogP contribution in [0.15, 0.2) is 6.33 Å². The summed E-state index contributed by atoms with van der Waals surface area (Å²) in [6, 6.07) is 0. The van der Waals surface area contributed by atoms with Crippen LogP contribution in [0.3, 0.4) is 0 Å². The molecule has 3 rings (SSSR count). The molecular weight excluding hydrogens is 310 g/mol. The molecule has 0 aromatic carbocycles. The van der Waals surface area contributed by atoms with Crippen molar-refractivity contribution in [2.45, 2.75) is 25.7 Å². The normalized spacial score (nSPS) is 16.1. The summed E-state index contributed by atoms with van der Waals surface area (Å²) in [7, 11) is 0. The zero-order valence-electron chi connectivity index (χ0n) is 11.6. The Morgan fingerprint density at radius 2 is 2.24 bits per heavy atom. The van der Waals surface area contributed by atoms with E-state index < -0.39 is 0 Å².